The van der Waals surface area contributed by atoms with Gasteiger partial charge in [0.2, 0.25) is 0 Å². The van der Waals surface area contributed by atoms with Crippen LogP contribution in [0.4, 0.5) is 5.69 Å². The summed E-state index contributed by atoms with van der Waals surface area (Å²) in [4.78, 5) is 20.2. The van der Waals surface area contributed by atoms with Crippen molar-refractivity contribution in [2.24, 2.45) is 0 Å². The van der Waals surface area contributed by atoms with Gasteiger partial charge in [-0.3, -0.25) is 4.79 Å². The molecule has 0 aliphatic carbocycles. The van der Waals surface area contributed by atoms with Crippen molar-refractivity contribution in [3.63, 3.8) is 0 Å². The number of carbonyl (C=O) groups excluding carboxylic acids is 1. The number of hydrogen-bond acceptors (Lipinski definition) is 5. The van der Waals surface area contributed by atoms with Crippen molar-refractivity contribution in [2.75, 3.05) is 31.1 Å². The molecular weight excluding hydrogens is 268 g/mol. The van der Waals surface area contributed by atoms with Gasteiger partial charge in [-0.05, 0) is 18.2 Å². The minimum absolute atomic E-state index is 0.00125. The van der Waals surface area contributed by atoms with Crippen LogP contribution < -0.4 is 4.90 Å². The number of rotatable bonds is 2. The summed E-state index contributed by atoms with van der Waals surface area (Å²) in [5.74, 6) is 0.00125. The fraction of sp³-hybridized carbons (Fsp3) is 0.267. The molecule has 0 saturated carbocycles. The van der Waals surface area contributed by atoms with E-state index in [4.69, 9.17) is 9.68 Å². The summed E-state index contributed by atoms with van der Waals surface area (Å²) in [5.41, 5.74) is 1.97. The molecule has 2 aromatic heterocycles. The standard InChI is InChI=1S/C15H14N4O2/c16-9-13-1-2-14(10-17-13)18-4-6-19(7-5-18)15(20)12-3-8-21-11-12/h1-3,8,10-11H,4-7H2. The molecule has 1 saturated heterocycles. The Kier molecular flexibility index (Phi) is 3.56. The van der Waals surface area contributed by atoms with Gasteiger partial charge in [-0.2, -0.15) is 5.26 Å². The van der Waals surface area contributed by atoms with Crippen molar-refractivity contribution >= 4 is 11.6 Å². The van der Waals surface area contributed by atoms with Crippen molar-refractivity contribution in [2.45, 2.75) is 0 Å². The van der Waals surface area contributed by atoms with Crippen LogP contribution in [0.2, 0.25) is 0 Å². The molecule has 0 bridgehead atoms. The first-order valence-electron chi connectivity index (χ1n) is 6.70. The summed E-state index contributed by atoms with van der Waals surface area (Å²) in [7, 11) is 0. The molecule has 21 heavy (non-hydrogen) atoms. The molecule has 6 heteroatoms. The van der Waals surface area contributed by atoms with E-state index in [1.165, 1.54) is 12.5 Å². The minimum atomic E-state index is 0.00125. The van der Waals surface area contributed by atoms with Crippen molar-refractivity contribution < 1.29 is 9.21 Å². The quantitative estimate of drug-likeness (QED) is 0.834. The molecule has 1 aliphatic heterocycles. The van der Waals surface area contributed by atoms with Crippen LogP contribution >= 0.6 is 0 Å². The minimum Gasteiger partial charge on any atom is -0.472 e. The van der Waals surface area contributed by atoms with Gasteiger partial charge in [0.25, 0.3) is 5.91 Å². The second kappa shape index (κ2) is 5.67. The molecule has 0 aromatic carbocycles. The second-order valence-electron chi connectivity index (χ2n) is 4.80. The Labute approximate surface area is 122 Å². The number of anilines is 1. The van der Waals surface area contributed by atoms with Gasteiger partial charge in [0, 0.05) is 26.2 Å². The second-order valence-corrected chi connectivity index (χ2v) is 4.80. The van der Waals surface area contributed by atoms with Crippen LogP contribution in [0.5, 0.6) is 0 Å². The number of amides is 1. The summed E-state index contributed by atoms with van der Waals surface area (Å²) in [5, 5.41) is 8.75. The zero-order valence-electron chi connectivity index (χ0n) is 11.4. The maximum absolute atomic E-state index is 12.2. The third-order valence-electron chi connectivity index (χ3n) is 3.56. The van der Waals surface area contributed by atoms with Crippen molar-refractivity contribution in [1.82, 2.24) is 9.88 Å². The van der Waals surface area contributed by atoms with Crippen molar-refractivity contribution in [1.29, 1.82) is 5.26 Å². The van der Waals surface area contributed by atoms with E-state index in [0.717, 1.165) is 18.8 Å². The summed E-state index contributed by atoms with van der Waals surface area (Å²) < 4.78 is 4.95. The largest absolute Gasteiger partial charge is 0.472 e. The van der Waals surface area contributed by atoms with E-state index < -0.39 is 0 Å². The Morgan fingerprint density at radius 2 is 2.05 bits per heavy atom. The molecule has 1 fully saturated rings. The van der Waals surface area contributed by atoms with Gasteiger partial charge in [0.1, 0.15) is 18.0 Å². The highest BCUT2D eigenvalue weighted by molar-refractivity contribution is 5.94. The normalized spacial score (nSPS) is 14.8. The monoisotopic (exact) mass is 282 g/mol. The Hall–Kier alpha value is -2.81. The van der Waals surface area contributed by atoms with E-state index in [1.54, 1.807) is 18.3 Å². The van der Waals surface area contributed by atoms with Crippen LogP contribution in [-0.4, -0.2) is 42.0 Å². The first kappa shape index (κ1) is 13.2. The van der Waals surface area contributed by atoms with Crippen LogP contribution in [0.1, 0.15) is 16.1 Å². The van der Waals surface area contributed by atoms with Crippen LogP contribution in [0.15, 0.2) is 41.3 Å². The SMILES string of the molecule is N#Cc1ccc(N2CCN(C(=O)c3ccoc3)CC2)cn1. The Morgan fingerprint density at radius 3 is 2.62 bits per heavy atom. The lowest BCUT2D eigenvalue weighted by Crippen LogP contribution is -2.48. The third kappa shape index (κ3) is 2.72. The number of nitrogens with zero attached hydrogens (tertiary/aromatic N) is 4. The molecule has 106 valence electrons. The average molecular weight is 282 g/mol. The molecule has 0 N–H and O–H groups in total. The van der Waals surface area contributed by atoms with Gasteiger partial charge < -0.3 is 14.2 Å². The number of aromatic nitrogens is 1. The first-order chi connectivity index (χ1) is 10.3. The fourth-order valence-electron chi connectivity index (χ4n) is 2.38. The predicted octanol–water partition coefficient (Wildman–Crippen LogP) is 1.51. The number of furan rings is 1. The number of nitriles is 1. The number of piperazine rings is 1. The summed E-state index contributed by atoms with van der Waals surface area (Å²) in [6.07, 6.45) is 4.68. The first-order valence-corrected chi connectivity index (χ1v) is 6.70. The molecular formula is C15H14N4O2. The fourth-order valence-corrected chi connectivity index (χ4v) is 2.38. The smallest absolute Gasteiger partial charge is 0.257 e. The lowest BCUT2D eigenvalue weighted by molar-refractivity contribution is 0.0746. The van der Waals surface area contributed by atoms with Gasteiger partial charge in [-0.15, -0.1) is 0 Å². The highest BCUT2D eigenvalue weighted by atomic mass is 16.3. The molecule has 1 aliphatic rings. The Morgan fingerprint density at radius 1 is 1.24 bits per heavy atom. The topological polar surface area (TPSA) is 73.4 Å². The number of pyridine rings is 1. The highest BCUT2D eigenvalue weighted by Crippen LogP contribution is 2.16. The molecule has 1 amide bonds. The van der Waals surface area contributed by atoms with Gasteiger partial charge in [-0.25, -0.2) is 4.98 Å². The van der Waals surface area contributed by atoms with Gasteiger partial charge in [0.15, 0.2) is 0 Å². The molecule has 3 heterocycles. The lowest BCUT2D eigenvalue weighted by Gasteiger charge is -2.35. The molecule has 0 radical (unpaired) electrons. The maximum atomic E-state index is 12.2. The third-order valence-corrected chi connectivity index (χ3v) is 3.56. The predicted molar refractivity (Wildman–Crippen MR) is 75.8 cm³/mol. The van der Waals surface area contributed by atoms with E-state index in [-0.39, 0.29) is 5.91 Å². The Bertz CT molecular complexity index is 650. The number of hydrogen-bond donors (Lipinski definition) is 0. The Balaban J connectivity index is 1.62. The van der Waals surface area contributed by atoms with Gasteiger partial charge >= 0.3 is 0 Å². The molecule has 0 atom stereocenters. The molecule has 0 spiro atoms. The van der Waals surface area contributed by atoms with Gasteiger partial charge in [0.05, 0.1) is 23.7 Å². The van der Waals surface area contributed by atoms with Crippen molar-refractivity contribution in [3.05, 3.63) is 48.2 Å². The van der Waals surface area contributed by atoms with Crippen LogP contribution in [-0.2, 0) is 0 Å². The lowest BCUT2D eigenvalue weighted by atomic mass is 10.2. The van der Waals surface area contributed by atoms with E-state index in [1.807, 2.05) is 17.0 Å². The molecule has 3 rings (SSSR count). The molecule has 6 nitrogen and oxygen atoms in total. The van der Waals surface area contributed by atoms with E-state index in [9.17, 15) is 4.79 Å². The van der Waals surface area contributed by atoms with Crippen molar-refractivity contribution in [3.8, 4) is 6.07 Å². The van der Waals surface area contributed by atoms with Crippen LogP contribution in [0, 0.1) is 11.3 Å². The average Bonchev–Trinajstić information content (AvgIpc) is 3.09. The summed E-state index contributed by atoms with van der Waals surface area (Å²) >= 11 is 0. The van der Waals surface area contributed by atoms with Crippen LogP contribution in [0.25, 0.3) is 0 Å². The van der Waals surface area contributed by atoms with E-state index in [2.05, 4.69) is 9.88 Å². The molecule has 2 aromatic rings. The maximum Gasteiger partial charge on any atom is 0.257 e. The van der Waals surface area contributed by atoms with E-state index >= 15 is 0 Å². The zero-order valence-corrected chi connectivity index (χ0v) is 11.4. The number of carbonyl (C=O) groups is 1. The molecule has 0 unspecified atom stereocenters. The van der Waals surface area contributed by atoms with Crippen LogP contribution in [0.3, 0.4) is 0 Å². The van der Waals surface area contributed by atoms with E-state index in [0.29, 0.717) is 24.3 Å². The highest BCUT2D eigenvalue weighted by Gasteiger charge is 2.22. The zero-order chi connectivity index (χ0) is 14.7. The summed E-state index contributed by atoms with van der Waals surface area (Å²) in [6, 6.07) is 7.28. The summed E-state index contributed by atoms with van der Waals surface area (Å²) in [6.45, 7) is 2.81. The van der Waals surface area contributed by atoms with Gasteiger partial charge in [-0.1, -0.05) is 0 Å².